The molecule has 0 bridgehead atoms. The Balaban J connectivity index is 1.59. The lowest BCUT2D eigenvalue weighted by molar-refractivity contribution is 0.0697. The first-order valence-corrected chi connectivity index (χ1v) is 8.16. The van der Waals surface area contributed by atoms with Crippen LogP contribution in [0.4, 0.5) is 0 Å². The lowest BCUT2D eigenvalue weighted by Gasteiger charge is -2.06. The molecule has 26 heavy (non-hydrogen) atoms. The minimum atomic E-state index is -0.964. The maximum atomic E-state index is 11.1. The summed E-state index contributed by atoms with van der Waals surface area (Å²) in [5, 5.41) is 9.08. The number of carbonyl (C=O) groups is 1. The highest BCUT2D eigenvalue weighted by Crippen LogP contribution is 2.26. The van der Waals surface area contributed by atoms with Crippen LogP contribution in [-0.4, -0.2) is 21.0 Å². The number of nitrogens with one attached hydrogen (secondary N) is 1. The second-order valence-electron chi connectivity index (χ2n) is 6.06. The van der Waals surface area contributed by atoms with Crippen LogP contribution < -0.4 is 4.74 Å². The molecule has 5 nitrogen and oxygen atoms in total. The van der Waals surface area contributed by atoms with Gasteiger partial charge < -0.3 is 14.8 Å². The standard InChI is InChI=1S/C21H16N2O3/c1-13-2-7-16(8-3-13)26-17-9-4-14(5-10-17)20-22-18-11-6-15(21(24)25)12-19(18)23-20/h2-12H,1H3,(H,22,23)(H,24,25). The molecule has 0 atom stereocenters. The minimum absolute atomic E-state index is 0.220. The van der Waals surface area contributed by atoms with Crippen molar-refractivity contribution in [3.05, 3.63) is 77.9 Å². The maximum absolute atomic E-state index is 11.1. The molecule has 0 spiro atoms. The van der Waals surface area contributed by atoms with Crippen molar-refractivity contribution in [3.63, 3.8) is 0 Å². The number of aromatic amines is 1. The van der Waals surface area contributed by atoms with Crippen molar-refractivity contribution in [1.29, 1.82) is 0 Å². The highest BCUT2D eigenvalue weighted by Gasteiger charge is 2.09. The van der Waals surface area contributed by atoms with Gasteiger partial charge in [0.1, 0.15) is 17.3 Å². The second-order valence-corrected chi connectivity index (χ2v) is 6.06. The number of rotatable bonds is 4. The molecule has 0 unspecified atom stereocenters. The molecule has 0 amide bonds. The highest BCUT2D eigenvalue weighted by atomic mass is 16.5. The van der Waals surface area contributed by atoms with Gasteiger partial charge in [0, 0.05) is 5.56 Å². The first-order valence-electron chi connectivity index (χ1n) is 8.16. The van der Waals surface area contributed by atoms with Crippen molar-refractivity contribution in [2.75, 3.05) is 0 Å². The van der Waals surface area contributed by atoms with Crippen LogP contribution in [0.5, 0.6) is 11.5 Å². The van der Waals surface area contributed by atoms with Gasteiger partial charge in [0.05, 0.1) is 16.6 Å². The Morgan fingerprint density at radius 1 is 0.962 bits per heavy atom. The van der Waals surface area contributed by atoms with E-state index in [-0.39, 0.29) is 5.56 Å². The van der Waals surface area contributed by atoms with Crippen molar-refractivity contribution in [2.45, 2.75) is 6.92 Å². The third kappa shape index (κ3) is 3.15. The van der Waals surface area contributed by atoms with E-state index in [0.717, 1.165) is 22.6 Å². The number of carboxylic acid groups (broad SMARTS) is 1. The SMILES string of the molecule is Cc1ccc(Oc2ccc(-c3nc4cc(C(=O)O)ccc4[nH]3)cc2)cc1. The van der Waals surface area contributed by atoms with Gasteiger partial charge in [-0.2, -0.15) is 0 Å². The Morgan fingerprint density at radius 2 is 1.62 bits per heavy atom. The Labute approximate surface area is 149 Å². The quantitative estimate of drug-likeness (QED) is 0.544. The molecule has 0 fully saturated rings. The smallest absolute Gasteiger partial charge is 0.335 e. The van der Waals surface area contributed by atoms with Crippen molar-refractivity contribution >= 4 is 17.0 Å². The van der Waals surface area contributed by atoms with Crippen molar-refractivity contribution < 1.29 is 14.6 Å². The fourth-order valence-corrected chi connectivity index (χ4v) is 2.70. The number of nitrogens with zero attached hydrogens (tertiary/aromatic N) is 1. The van der Waals surface area contributed by atoms with Gasteiger partial charge in [0.25, 0.3) is 0 Å². The molecule has 0 saturated heterocycles. The van der Waals surface area contributed by atoms with Gasteiger partial charge >= 0.3 is 5.97 Å². The zero-order valence-corrected chi connectivity index (χ0v) is 14.1. The molecule has 0 aliphatic rings. The lowest BCUT2D eigenvalue weighted by Crippen LogP contribution is -1.94. The van der Waals surface area contributed by atoms with E-state index in [0.29, 0.717) is 11.3 Å². The number of ether oxygens (including phenoxy) is 1. The van der Waals surface area contributed by atoms with Gasteiger partial charge in [-0.05, 0) is 61.5 Å². The number of aryl methyl sites for hydroxylation is 1. The molecule has 3 aromatic carbocycles. The van der Waals surface area contributed by atoms with E-state index in [2.05, 4.69) is 9.97 Å². The average molecular weight is 344 g/mol. The summed E-state index contributed by atoms with van der Waals surface area (Å²) < 4.78 is 5.83. The normalized spacial score (nSPS) is 10.8. The van der Waals surface area contributed by atoms with Crippen molar-refractivity contribution in [3.8, 4) is 22.9 Å². The van der Waals surface area contributed by atoms with E-state index < -0.39 is 5.97 Å². The fourth-order valence-electron chi connectivity index (χ4n) is 2.70. The molecule has 128 valence electrons. The average Bonchev–Trinajstić information content (AvgIpc) is 3.07. The van der Waals surface area contributed by atoms with E-state index in [1.54, 1.807) is 18.2 Å². The first-order chi connectivity index (χ1) is 12.6. The molecule has 2 N–H and O–H groups in total. The number of benzene rings is 3. The van der Waals surface area contributed by atoms with E-state index in [9.17, 15) is 4.79 Å². The number of imidazole rings is 1. The summed E-state index contributed by atoms with van der Waals surface area (Å²) in [6.07, 6.45) is 0. The summed E-state index contributed by atoms with van der Waals surface area (Å²) in [7, 11) is 0. The number of aromatic carboxylic acids is 1. The van der Waals surface area contributed by atoms with Gasteiger partial charge in [0.15, 0.2) is 0 Å². The van der Waals surface area contributed by atoms with Crippen LogP contribution in [0.1, 0.15) is 15.9 Å². The number of H-pyrrole nitrogens is 1. The second kappa shape index (κ2) is 6.37. The summed E-state index contributed by atoms with van der Waals surface area (Å²) in [6.45, 7) is 2.03. The van der Waals surface area contributed by atoms with Gasteiger partial charge in [-0.3, -0.25) is 0 Å². The molecular formula is C21H16N2O3. The predicted molar refractivity (Wildman–Crippen MR) is 99.7 cm³/mol. The van der Waals surface area contributed by atoms with Crippen LogP contribution in [0.25, 0.3) is 22.4 Å². The van der Waals surface area contributed by atoms with Gasteiger partial charge in [0.2, 0.25) is 0 Å². The Bertz CT molecular complexity index is 1080. The Hall–Kier alpha value is -3.60. The van der Waals surface area contributed by atoms with Crippen LogP contribution in [0.15, 0.2) is 66.7 Å². The van der Waals surface area contributed by atoms with E-state index in [4.69, 9.17) is 9.84 Å². The molecular weight excluding hydrogens is 328 g/mol. The number of aromatic nitrogens is 2. The van der Waals surface area contributed by atoms with Crippen LogP contribution in [0.2, 0.25) is 0 Å². The molecule has 4 rings (SSSR count). The number of hydrogen-bond acceptors (Lipinski definition) is 3. The molecule has 0 aliphatic carbocycles. The van der Waals surface area contributed by atoms with Crippen LogP contribution in [0, 0.1) is 6.92 Å². The van der Waals surface area contributed by atoms with Gasteiger partial charge in [-0.1, -0.05) is 17.7 Å². The Kier molecular flexibility index (Phi) is 3.89. The minimum Gasteiger partial charge on any atom is -0.478 e. The van der Waals surface area contributed by atoms with Crippen molar-refractivity contribution in [2.24, 2.45) is 0 Å². The third-order valence-corrected chi connectivity index (χ3v) is 4.11. The largest absolute Gasteiger partial charge is 0.478 e. The Morgan fingerprint density at radius 3 is 2.27 bits per heavy atom. The summed E-state index contributed by atoms with van der Waals surface area (Å²) in [5.41, 5.74) is 3.72. The number of fused-ring (bicyclic) bond motifs is 1. The number of hydrogen-bond donors (Lipinski definition) is 2. The first kappa shape index (κ1) is 15.9. The van der Waals surface area contributed by atoms with Gasteiger partial charge in [-0.15, -0.1) is 0 Å². The van der Waals surface area contributed by atoms with Crippen LogP contribution in [0.3, 0.4) is 0 Å². The van der Waals surface area contributed by atoms with Crippen LogP contribution >= 0.6 is 0 Å². The van der Waals surface area contributed by atoms with Gasteiger partial charge in [-0.25, -0.2) is 9.78 Å². The van der Waals surface area contributed by atoms with Crippen LogP contribution in [-0.2, 0) is 0 Å². The molecule has 0 saturated carbocycles. The van der Waals surface area contributed by atoms with E-state index in [1.807, 2.05) is 55.5 Å². The zero-order chi connectivity index (χ0) is 18.1. The lowest BCUT2D eigenvalue weighted by atomic mass is 10.2. The third-order valence-electron chi connectivity index (χ3n) is 4.11. The van der Waals surface area contributed by atoms with E-state index in [1.165, 1.54) is 5.56 Å². The molecule has 0 radical (unpaired) electrons. The summed E-state index contributed by atoms with van der Waals surface area (Å²) in [5.74, 6) is 1.24. The molecule has 1 heterocycles. The zero-order valence-electron chi connectivity index (χ0n) is 14.1. The van der Waals surface area contributed by atoms with Crippen molar-refractivity contribution in [1.82, 2.24) is 9.97 Å². The molecule has 1 aromatic heterocycles. The topological polar surface area (TPSA) is 75.2 Å². The molecule has 4 aromatic rings. The fraction of sp³-hybridized carbons (Fsp3) is 0.0476. The highest BCUT2D eigenvalue weighted by molar-refractivity contribution is 5.93. The maximum Gasteiger partial charge on any atom is 0.335 e. The summed E-state index contributed by atoms with van der Waals surface area (Å²) in [4.78, 5) is 18.8. The molecule has 0 aliphatic heterocycles. The number of carboxylic acids is 1. The predicted octanol–water partition coefficient (Wildman–Crippen LogP) is 5.03. The van der Waals surface area contributed by atoms with E-state index >= 15 is 0 Å². The molecule has 5 heteroatoms. The monoisotopic (exact) mass is 344 g/mol. The summed E-state index contributed by atoms with van der Waals surface area (Å²) in [6, 6.07) is 20.3. The summed E-state index contributed by atoms with van der Waals surface area (Å²) >= 11 is 0.